The number of rotatable bonds is 3. The second kappa shape index (κ2) is 4.43. The van der Waals surface area contributed by atoms with Gasteiger partial charge in [0.2, 0.25) is 0 Å². The maximum atomic E-state index is 5.89. The van der Waals surface area contributed by atoms with Crippen LogP contribution in [0.1, 0.15) is 33.6 Å². The zero-order chi connectivity index (χ0) is 11.8. The van der Waals surface area contributed by atoms with E-state index in [9.17, 15) is 0 Å². The van der Waals surface area contributed by atoms with Crippen molar-refractivity contribution >= 4 is 22.6 Å². The molecule has 0 aromatic heterocycles. The van der Waals surface area contributed by atoms with E-state index in [1.807, 2.05) is 39.0 Å². The van der Waals surface area contributed by atoms with Crippen molar-refractivity contribution in [2.75, 3.05) is 0 Å². The van der Waals surface area contributed by atoms with Crippen LogP contribution in [0.4, 0.5) is 0 Å². The SMILES string of the molecule is CC(C)(C)Oc1ccc(I)cc1OC1CC1. The van der Waals surface area contributed by atoms with E-state index in [1.165, 1.54) is 16.4 Å². The summed E-state index contributed by atoms with van der Waals surface area (Å²) in [6.45, 7) is 6.14. The van der Waals surface area contributed by atoms with Crippen LogP contribution in [-0.4, -0.2) is 11.7 Å². The van der Waals surface area contributed by atoms with Crippen LogP contribution < -0.4 is 9.47 Å². The largest absolute Gasteiger partial charge is 0.487 e. The summed E-state index contributed by atoms with van der Waals surface area (Å²) in [5.74, 6) is 1.73. The summed E-state index contributed by atoms with van der Waals surface area (Å²) in [7, 11) is 0. The molecule has 1 fully saturated rings. The third kappa shape index (κ3) is 3.54. The number of halogens is 1. The van der Waals surface area contributed by atoms with Crippen molar-refractivity contribution in [1.82, 2.24) is 0 Å². The molecule has 3 heteroatoms. The van der Waals surface area contributed by atoms with Crippen LogP contribution in [0.5, 0.6) is 11.5 Å². The Balaban J connectivity index is 2.20. The zero-order valence-electron chi connectivity index (χ0n) is 9.92. The molecule has 0 amide bonds. The highest BCUT2D eigenvalue weighted by Gasteiger charge is 2.26. The molecule has 0 aliphatic heterocycles. The van der Waals surface area contributed by atoms with Crippen LogP contribution in [0.2, 0.25) is 0 Å². The molecule has 1 aliphatic carbocycles. The fourth-order valence-corrected chi connectivity index (χ4v) is 1.82. The first-order valence-electron chi connectivity index (χ1n) is 5.59. The number of hydrogen-bond acceptors (Lipinski definition) is 2. The molecule has 0 N–H and O–H groups in total. The van der Waals surface area contributed by atoms with Gasteiger partial charge in [0.25, 0.3) is 0 Å². The molecular formula is C13H17IO2. The molecule has 0 spiro atoms. The van der Waals surface area contributed by atoms with Crippen LogP contribution in [0.15, 0.2) is 18.2 Å². The molecule has 2 rings (SSSR count). The average Bonchev–Trinajstić information content (AvgIpc) is 2.91. The highest BCUT2D eigenvalue weighted by molar-refractivity contribution is 14.1. The Kier molecular flexibility index (Phi) is 3.33. The fourth-order valence-electron chi connectivity index (χ4n) is 1.35. The Labute approximate surface area is 110 Å². The number of ether oxygens (including phenoxy) is 2. The minimum atomic E-state index is -0.186. The van der Waals surface area contributed by atoms with Crippen molar-refractivity contribution in [3.8, 4) is 11.5 Å². The van der Waals surface area contributed by atoms with Gasteiger partial charge in [0.1, 0.15) is 5.60 Å². The van der Waals surface area contributed by atoms with Gasteiger partial charge in [0, 0.05) is 3.57 Å². The standard InChI is InChI=1S/C13H17IO2/c1-13(2,3)16-11-7-4-9(14)8-12(11)15-10-5-6-10/h4,7-8,10H,5-6H2,1-3H3. The Morgan fingerprint density at radius 2 is 1.88 bits per heavy atom. The van der Waals surface area contributed by atoms with Crippen LogP contribution in [0.3, 0.4) is 0 Å². The Morgan fingerprint density at radius 3 is 2.44 bits per heavy atom. The van der Waals surface area contributed by atoms with E-state index in [2.05, 4.69) is 22.6 Å². The molecule has 0 bridgehead atoms. The topological polar surface area (TPSA) is 18.5 Å². The third-order valence-corrected chi connectivity index (χ3v) is 2.81. The molecular weight excluding hydrogens is 315 g/mol. The van der Waals surface area contributed by atoms with E-state index in [4.69, 9.17) is 9.47 Å². The maximum absolute atomic E-state index is 5.89. The highest BCUT2D eigenvalue weighted by Crippen LogP contribution is 2.36. The second-order valence-corrected chi connectivity index (χ2v) is 6.37. The molecule has 1 aromatic carbocycles. The first kappa shape index (κ1) is 12.0. The van der Waals surface area contributed by atoms with E-state index < -0.39 is 0 Å². The Morgan fingerprint density at radius 1 is 1.19 bits per heavy atom. The molecule has 0 atom stereocenters. The first-order valence-corrected chi connectivity index (χ1v) is 6.67. The molecule has 16 heavy (non-hydrogen) atoms. The third-order valence-electron chi connectivity index (χ3n) is 2.14. The molecule has 1 saturated carbocycles. The van der Waals surface area contributed by atoms with Crippen molar-refractivity contribution in [2.24, 2.45) is 0 Å². The van der Waals surface area contributed by atoms with Crippen molar-refractivity contribution in [3.05, 3.63) is 21.8 Å². The van der Waals surface area contributed by atoms with Gasteiger partial charge in [-0.3, -0.25) is 0 Å². The minimum Gasteiger partial charge on any atom is -0.487 e. The summed E-state index contributed by atoms with van der Waals surface area (Å²) in [5, 5.41) is 0. The van der Waals surface area contributed by atoms with Crippen molar-refractivity contribution in [2.45, 2.75) is 45.3 Å². The predicted octanol–water partition coefficient (Wildman–Crippen LogP) is 4.01. The Bertz CT molecular complexity index is 378. The summed E-state index contributed by atoms with van der Waals surface area (Å²) < 4.78 is 12.9. The molecule has 0 radical (unpaired) electrons. The minimum absolute atomic E-state index is 0.186. The quantitative estimate of drug-likeness (QED) is 0.779. The van der Waals surface area contributed by atoms with Gasteiger partial charge in [-0.1, -0.05) is 0 Å². The average molecular weight is 332 g/mol. The lowest BCUT2D eigenvalue weighted by Gasteiger charge is -2.23. The van der Waals surface area contributed by atoms with Gasteiger partial charge in [-0.25, -0.2) is 0 Å². The second-order valence-electron chi connectivity index (χ2n) is 5.12. The van der Waals surface area contributed by atoms with Gasteiger partial charge in [0.05, 0.1) is 6.10 Å². The zero-order valence-corrected chi connectivity index (χ0v) is 12.1. The predicted molar refractivity (Wildman–Crippen MR) is 73.2 cm³/mol. The number of hydrogen-bond donors (Lipinski definition) is 0. The van der Waals surface area contributed by atoms with Crippen LogP contribution in [0.25, 0.3) is 0 Å². The molecule has 88 valence electrons. The molecule has 0 heterocycles. The molecule has 0 unspecified atom stereocenters. The molecule has 0 saturated heterocycles. The van der Waals surface area contributed by atoms with E-state index >= 15 is 0 Å². The lowest BCUT2D eigenvalue weighted by Crippen LogP contribution is -2.23. The molecule has 1 aromatic rings. The first-order chi connectivity index (χ1) is 7.44. The van der Waals surface area contributed by atoms with Gasteiger partial charge in [-0.05, 0) is 74.4 Å². The van der Waals surface area contributed by atoms with Gasteiger partial charge in [-0.15, -0.1) is 0 Å². The molecule has 2 nitrogen and oxygen atoms in total. The fraction of sp³-hybridized carbons (Fsp3) is 0.538. The monoisotopic (exact) mass is 332 g/mol. The van der Waals surface area contributed by atoms with Gasteiger partial charge < -0.3 is 9.47 Å². The lowest BCUT2D eigenvalue weighted by molar-refractivity contribution is 0.122. The Hall–Kier alpha value is -0.450. The smallest absolute Gasteiger partial charge is 0.162 e. The van der Waals surface area contributed by atoms with E-state index in [-0.39, 0.29) is 5.60 Å². The van der Waals surface area contributed by atoms with E-state index in [1.54, 1.807) is 0 Å². The lowest BCUT2D eigenvalue weighted by atomic mass is 10.2. The maximum Gasteiger partial charge on any atom is 0.162 e. The number of benzene rings is 1. The van der Waals surface area contributed by atoms with Crippen molar-refractivity contribution < 1.29 is 9.47 Å². The molecule has 1 aliphatic rings. The van der Waals surface area contributed by atoms with Crippen LogP contribution in [-0.2, 0) is 0 Å². The van der Waals surface area contributed by atoms with Gasteiger partial charge in [0.15, 0.2) is 11.5 Å². The summed E-state index contributed by atoms with van der Waals surface area (Å²) in [6, 6.07) is 6.08. The van der Waals surface area contributed by atoms with Gasteiger partial charge >= 0.3 is 0 Å². The van der Waals surface area contributed by atoms with E-state index in [0.29, 0.717) is 6.10 Å². The van der Waals surface area contributed by atoms with Crippen LogP contribution >= 0.6 is 22.6 Å². The summed E-state index contributed by atoms with van der Waals surface area (Å²) in [6.07, 6.45) is 2.74. The van der Waals surface area contributed by atoms with Crippen LogP contribution in [0, 0.1) is 3.57 Å². The summed E-state index contributed by atoms with van der Waals surface area (Å²) >= 11 is 2.29. The normalized spacial score (nSPS) is 16.0. The summed E-state index contributed by atoms with van der Waals surface area (Å²) in [4.78, 5) is 0. The van der Waals surface area contributed by atoms with Crippen molar-refractivity contribution in [1.29, 1.82) is 0 Å². The highest BCUT2D eigenvalue weighted by atomic mass is 127. The van der Waals surface area contributed by atoms with Crippen molar-refractivity contribution in [3.63, 3.8) is 0 Å². The van der Waals surface area contributed by atoms with Gasteiger partial charge in [-0.2, -0.15) is 0 Å². The summed E-state index contributed by atoms with van der Waals surface area (Å²) in [5.41, 5.74) is -0.186. The van der Waals surface area contributed by atoms with E-state index in [0.717, 1.165) is 11.5 Å².